The number of carboxylic acid groups (broad SMARTS) is 1. The minimum Gasteiger partial charge on any atom is -0.481 e. The van der Waals surface area contributed by atoms with E-state index in [1.807, 2.05) is 24.4 Å². The van der Waals surface area contributed by atoms with Gasteiger partial charge < -0.3 is 10.0 Å². The van der Waals surface area contributed by atoms with E-state index >= 15 is 0 Å². The van der Waals surface area contributed by atoms with Crippen LogP contribution in [0.4, 0.5) is 0 Å². The van der Waals surface area contributed by atoms with Gasteiger partial charge in [0.15, 0.2) is 0 Å². The Balaban J connectivity index is 1.90. The molecule has 1 aliphatic rings. The van der Waals surface area contributed by atoms with Crippen LogP contribution in [0.1, 0.15) is 35.7 Å². The largest absolute Gasteiger partial charge is 0.481 e. The lowest BCUT2D eigenvalue weighted by Crippen LogP contribution is -2.38. The average Bonchev–Trinajstić information content (AvgIpc) is 3.23. The van der Waals surface area contributed by atoms with E-state index in [2.05, 4.69) is 6.07 Å². The van der Waals surface area contributed by atoms with Gasteiger partial charge in [-0.1, -0.05) is 19.1 Å². The molecule has 3 rings (SSSR count). The third kappa shape index (κ3) is 2.86. The summed E-state index contributed by atoms with van der Waals surface area (Å²) < 4.78 is 1.10. The summed E-state index contributed by atoms with van der Waals surface area (Å²) in [4.78, 5) is 25.7. The summed E-state index contributed by atoms with van der Waals surface area (Å²) in [6.07, 6.45) is 1.94. The second-order valence-electron chi connectivity index (χ2n) is 6.08. The molecule has 0 saturated heterocycles. The molecule has 0 aliphatic heterocycles. The molecule has 1 amide bonds. The molecule has 5 heteroatoms. The van der Waals surface area contributed by atoms with Crippen molar-refractivity contribution in [1.29, 1.82) is 0 Å². The van der Waals surface area contributed by atoms with Crippen molar-refractivity contribution in [1.82, 2.24) is 4.90 Å². The number of carbonyl (C=O) groups is 2. The fraction of sp³-hybridized carbons (Fsp3) is 0.412. The molecule has 0 spiro atoms. The van der Waals surface area contributed by atoms with E-state index in [0.717, 1.165) is 22.9 Å². The minimum atomic E-state index is -0.857. The molecule has 0 bridgehead atoms. The highest BCUT2D eigenvalue weighted by atomic mass is 32.1. The van der Waals surface area contributed by atoms with Crippen molar-refractivity contribution in [2.45, 2.75) is 32.7 Å². The third-order valence-electron chi connectivity index (χ3n) is 4.10. The number of amides is 1. The summed E-state index contributed by atoms with van der Waals surface area (Å²) in [7, 11) is 0. The van der Waals surface area contributed by atoms with Crippen molar-refractivity contribution < 1.29 is 14.7 Å². The number of aryl methyl sites for hydroxylation is 1. The zero-order chi connectivity index (χ0) is 15.9. The number of benzene rings is 1. The highest BCUT2D eigenvalue weighted by Crippen LogP contribution is 2.33. The molecule has 1 fully saturated rings. The SMILES string of the molecule is Cc1ccc2c(C(=O)N(CC(C)C(=O)O)C3CC3)csc2c1. The van der Waals surface area contributed by atoms with Crippen molar-refractivity contribution in [2.75, 3.05) is 6.54 Å². The smallest absolute Gasteiger partial charge is 0.308 e. The van der Waals surface area contributed by atoms with Crippen molar-refractivity contribution in [2.24, 2.45) is 5.92 Å². The molecule has 1 unspecified atom stereocenters. The standard InChI is InChI=1S/C17H19NO3S/c1-10-3-6-13-14(9-22-15(13)7-10)16(19)18(12-4-5-12)8-11(2)17(20)21/h3,6-7,9,11-12H,4-5,8H2,1-2H3,(H,20,21). The lowest BCUT2D eigenvalue weighted by molar-refractivity contribution is -0.141. The number of aliphatic carboxylic acids is 1. The molecule has 116 valence electrons. The number of rotatable bonds is 5. The van der Waals surface area contributed by atoms with Crippen molar-refractivity contribution in [3.63, 3.8) is 0 Å². The van der Waals surface area contributed by atoms with E-state index in [9.17, 15) is 9.59 Å². The quantitative estimate of drug-likeness (QED) is 0.917. The fourth-order valence-corrected chi connectivity index (χ4v) is 3.64. The first-order valence-electron chi connectivity index (χ1n) is 7.49. The third-order valence-corrected chi connectivity index (χ3v) is 5.05. The second kappa shape index (κ2) is 5.72. The van der Waals surface area contributed by atoms with Crippen LogP contribution in [0, 0.1) is 12.8 Å². The van der Waals surface area contributed by atoms with Crippen LogP contribution in [0.25, 0.3) is 10.1 Å². The minimum absolute atomic E-state index is 0.0364. The van der Waals surface area contributed by atoms with Crippen LogP contribution in [-0.2, 0) is 4.79 Å². The van der Waals surface area contributed by atoms with Gasteiger partial charge in [-0.15, -0.1) is 11.3 Å². The summed E-state index contributed by atoms with van der Waals surface area (Å²) >= 11 is 1.57. The van der Waals surface area contributed by atoms with E-state index in [1.165, 1.54) is 5.56 Å². The Morgan fingerprint density at radius 3 is 2.77 bits per heavy atom. The molecule has 0 radical (unpaired) electrons. The Hall–Kier alpha value is -1.88. The summed E-state index contributed by atoms with van der Waals surface area (Å²) in [5, 5.41) is 12.0. The molecular weight excluding hydrogens is 298 g/mol. The van der Waals surface area contributed by atoms with E-state index in [-0.39, 0.29) is 18.5 Å². The molecule has 1 heterocycles. The molecule has 4 nitrogen and oxygen atoms in total. The van der Waals surface area contributed by atoms with E-state index in [1.54, 1.807) is 23.2 Å². The molecule has 1 aliphatic carbocycles. The Kier molecular flexibility index (Phi) is 3.91. The zero-order valence-corrected chi connectivity index (χ0v) is 13.5. The molecule has 1 aromatic heterocycles. The maximum absolute atomic E-state index is 12.9. The van der Waals surface area contributed by atoms with Crippen LogP contribution in [-0.4, -0.2) is 34.5 Å². The Morgan fingerprint density at radius 2 is 2.14 bits per heavy atom. The van der Waals surface area contributed by atoms with Crippen LogP contribution in [0.5, 0.6) is 0 Å². The molecule has 22 heavy (non-hydrogen) atoms. The lowest BCUT2D eigenvalue weighted by Gasteiger charge is -2.24. The van der Waals surface area contributed by atoms with Crippen LogP contribution in [0.2, 0.25) is 0 Å². The van der Waals surface area contributed by atoms with E-state index in [0.29, 0.717) is 5.56 Å². The second-order valence-corrected chi connectivity index (χ2v) is 6.99. The Bertz CT molecular complexity index is 733. The summed E-state index contributed by atoms with van der Waals surface area (Å²) in [6.45, 7) is 3.97. The summed E-state index contributed by atoms with van der Waals surface area (Å²) in [5.74, 6) is -1.44. The molecule has 1 saturated carbocycles. The summed E-state index contributed by atoms with van der Waals surface area (Å²) in [6, 6.07) is 6.28. The van der Waals surface area contributed by atoms with Crippen molar-refractivity contribution in [3.8, 4) is 0 Å². The van der Waals surface area contributed by atoms with Crippen LogP contribution in [0.15, 0.2) is 23.6 Å². The van der Waals surface area contributed by atoms with Gasteiger partial charge in [-0.05, 0) is 31.4 Å². The van der Waals surface area contributed by atoms with Crippen LogP contribution < -0.4 is 0 Å². The molecule has 1 atom stereocenters. The Morgan fingerprint density at radius 1 is 1.41 bits per heavy atom. The van der Waals surface area contributed by atoms with Gasteiger partial charge in [0.1, 0.15) is 0 Å². The molecule has 1 aromatic carbocycles. The number of carbonyl (C=O) groups excluding carboxylic acids is 1. The van der Waals surface area contributed by atoms with Crippen molar-refractivity contribution >= 4 is 33.3 Å². The van der Waals surface area contributed by atoms with Crippen molar-refractivity contribution in [3.05, 3.63) is 34.7 Å². The number of hydrogen-bond acceptors (Lipinski definition) is 3. The van der Waals surface area contributed by atoms with Gasteiger partial charge in [0.05, 0.1) is 11.5 Å². The number of nitrogens with zero attached hydrogens (tertiary/aromatic N) is 1. The first-order valence-corrected chi connectivity index (χ1v) is 8.37. The maximum atomic E-state index is 12.9. The van der Waals surface area contributed by atoms with Crippen LogP contribution in [0.3, 0.4) is 0 Å². The lowest BCUT2D eigenvalue weighted by atomic mass is 10.1. The highest BCUT2D eigenvalue weighted by Gasteiger charge is 2.35. The predicted octanol–water partition coefficient (Wildman–Crippen LogP) is 3.54. The normalized spacial score (nSPS) is 15.7. The fourth-order valence-electron chi connectivity index (χ4n) is 2.61. The zero-order valence-electron chi connectivity index (χ0n) is 12.7. The van der Waals surface area contributed by atoms with E-state index < -0.39 is 11.9 Å². The Labute approximate surface area is 133 Å². The molecular formula is C17H19NO3S. The van der Waals surface area contributed by atoms with Gasteiger partial charge >= 0.3 is 5.97 Å². The monoisotopic (exact) mass is 317 g/mol. The number of thiophene rings is 1. The number of fused-ring (bicyclic) bond motifs is 1. The van der Waals surface area contributed by atoms with Gasteiger partial charge in [0.2, 0.25) is 0 Å². The maximum Gasteiger partial charge on any atom is 0.308 e. The van der Waals surface area contributed by atoms with Gasteiger partial charge in [0, 0.05) is 28.1 Å². The highest BCUT2D eigenvalue weighted by molar-refractivity contribution is 7.17. The van der Waals surface area contributed by atoms with Gasteiger partial charge in [0.25, 0.3) is 5.91 Å². The van der Waals surface area contributed by atoms with Crippen LogP contribution >= 0.6 is 11.3 Å². The first-order chi connectivity index (χ1) is 10.5. The van der Waals surface area contributed by atoms with Gasteiger partial charge in [-0.2, -0.15) is 0 Å². The number of carboxylic acids is 1. The molecule has 2 aromatic rings. The molecule has 1 N–H and O–H groups in total. The predicted molar refractivity (Wildman–Crippen MR) is 87.4 cm³/mol. The van der Waals surface area contributed by atoms with Gasteiger partial charge in [-0.3, -0.25) is 9.59 Å². The van der Waals surface area contributed by atoms with E-state index in [4.69, 9.17) is 5.11 Å². The first kappa shape index (κ1) is 15.0. The summed E-state index contributed by atoms with van der Waals surface area (Å²) in [5.41, 5.74) is 1.87. The van der Waals surface area contributed by atoms with Gasteiger partial charge in [-0.25, -0.2) is 0 Å². The number of hydrogen-bond donors (Lipinski definition) is 1. The topological polar surface area (TPSA) is 57.6 Å². The average molecular weight is 317 g/mol.